The standard InChI is InChI=1S/C13H19NO3/c14-8-7-11-4-3-5-12(10-11)17-9-2-1-6-13(15)16/h3-5,10H,1-2,6-9,14H2,(H,15,16). The van der Waals surface area contributed by atoms with Crippen LogP contribution >= 0.6 is 0 Å². The van der Waals surface area contributed by atoms with Gasteiger partial charge in [-0.1, -0.05) is 12.1 Å². The minimum absolute atomic E-state index is 0.205. The Morgan fingerprint density at radius 1 is 1.35 bits per heavy atom. The van der Waals surface area contributed by atoms with Gasteiger partial charge in [-0.2, -0.15) is 0 Å². The van der Waals surface area contributed by atoms with Crippen LogP contribution in [0.25, 0.3) is 0 Å². The SMILES string of the molecule is NCCc1cccc(OCCCCC(=O)O)c1. The van der Waals surface area contributed by atoms with Gasteiger partial charge in [0.2, 0.25) is 0 Å². The maximum Gasteiger partial charge on any atom is 0.303 e. The molecule has 1 aromatic carbocycles. The van der Waals surface area contributed by atoms with Crippen molar-refractivity contribution in [2.24, 2.45) is 5.73 Å². The van der Waals surface area contributed by atoms with Gasteiger partial charge in [-0.15, -0.1) is 0 Å². The van der Waals surface area contributed by atoms with Gasteiger partial charge in [0.1, 0.15) is 5.75 Å². The van der Waals surface area contributed by atoms with Crippen LogP contribution in [0.2, 0.25) is 0 Å². The number of carbonyl (C=O) groups is 1. The summed E-state index contributed by atoms with van der Waals surface area (Å²) < 4.78 is 5.54. The molecule has 0 aliphatic heterocycles. The lowest BCUT2D eigenvalue weighted by atomic mass is 10.1. The smallest absolute Gasteiger partial charge is 0.303 e. The quantitative estimate of drug-likeness (QED) is 0.676. The van der Waals surface area contributed by atoms with Gasteiger partial charge in [0.15, 0.2) is 0 Å². The molecule has 4 nitrogen and oxygen atoms in total. The molecule has 17 heavy (non-hydrogen) atoms. The summed E-state index contributed by atoms with van der Waals surface area (Å²) in [6.07, 6.45) is 2.46. The molecule has 0 aromatic heterocycles. The number of ether oxygens (including phenoxy) is 1. The van der Waals surface area contributed by atoms with E-state index >= 15 is 0 Å². The Morgan fingerprint density at radius 3 is 2.88 bits per heavy atom. The van der Waals surface area contributed by atoms with Gasteiger partial charge in [-0.3, -0.25) is 4.79 Å². The van der Waals surface area contributed by atoms with E-state index in [9.17, 15) is 4.79 Å². The van der Waals surface area contributed by atoms with E-state index in [0.717, 1.165) is 24.2 Å². The molecule has 0 bridgehead atoms. The molecular formula is C13H19NO3. The van der Waals surface area contributed by atoms with Crippen LogP contribution in [0.1, 0.15) is 24.8 Å². The number of rotatable bonds is 8. The van der Waals surface area contributed by atoms with E-state index in [1.807, 2.05) is 24.3 Å². The third-order valence-electron chi connectivity index (χ3n) is 2.39. The molecule has 94 valence electrons. The predicted octanol–water partition coefficient (Wildman–Crippen LogP) is 1.82. The van der Waals surface area contributed by atoms with Crippen molar-refractivity contribution in [1.29, 1.82) is 0 Å². The lowest BCUT2D eigenvalue weighted by Gasteiger charge is -2.07. The Labute approximate surface area is 101 Å². The minimum Gasteiger partial charge on any atom is -0.494 e. The summed E-state index contributed by atoms with van der Waals surface area (Å²) in [7, 11) is 0. The zero-order chi connectivity index (χ0) is 12.5. The Kier molecular flexibility index (Phi) is 6.10. The van der Waals surface area contributed by atoms with E-state index in [0.29, 0.717) is 19.6 Å². The summed E-state index contributed by atoms with van der Waals surface area (Å²) in [6.45, 7) is 1.18. The number of hydrogen-bond donors (Lipinski definition) is 2. The van der Waals surface area contributed by atoms with Crippen LogP contribution in [0, 0.1) is 0 Å². The van der Waals surface area contributed by atoms with Crippen LogP contribution in [-0.4, -0.2) is 24.2 Å². The number of aliphatic carboxylic acids is 1. The van der Waals surface area contributed by atoms with E-state index in [-0.39, 0.29) is 6.42 Å². The molecule has 0 spiro atoms. The average molecular weight is 237 g/mol. The van der Waals surface area contributed by atoms with Crippen molar-refractivity contribution in [3.8, 4) is 5.75 Å². The second kappa shape index (κ2) is 7.68. The highest BCUT2D eigenvalue weighted by molar-refractivity contribution is 5.66. The number of hydrogen-bond acceptors (Lipinski definition) is 3. The average Bonchev–Trinajstić information content (AvgIpc) is 2.29. The van der Waals surface area contributed by atoms with Crippen molar-refractivity contribution in [3.63, 3.8) is 0 Å². The molecule has 0 aliphatic carbocycles. The summed E-state index contributed by atoms with van der Waals surface area (Å²) in [5.74, 6) is 0.0706. The lowest BCUT2D eigenvalue weighted by Crippen LogP contribution is -2.03. The van der Waals surface area contributed by atoms with Crippen molar-refractivity contribution in [3.05, 3.63) is 29.8 Å². The molecule has 4 heteroatoms. The molecule has 0 unspecified atom stereocenters. The van der Waals surface area contributed by atoms with Crippen molar-refractivity contribution in [1.82, 2.24) is 0 Å². The third-order valence-corrected chi connectivity index (χ3v) is 2.39. The van der Waals surface area contributed by atoms with Gasteiger partial charge in [-0.05, 0) is 43.5 Å². The fourth-order valence-electron chi connectivity index (χ4n) is 1.53. The Hall–Kier alpha value is -1.55. The normalized spacial score (nSPS) is 10.2. The zero-order valence-electron chi connectivity index (χ0n) is 9.89. The van der Waals surface area contributed by atoms with Crippen molar-refractivity contribution in [2.75, 3.05) is 13.2 Å². The van der Waals surface area contributed by atoms with Gasteiger partial charge in [-0.25, -0.2) is 0 Å². The van der Waals surface area contributed by atoms with E-state index in [4.69, 9.17) is 15.6 Å². The molecule has 0 heterocycles. The van der Waals surface area contributed by atoms with Gasteiger partial charge < -0.3 is 15.6 Å². The number of benzene rings is 1. The monoisotopic (exact) mass is 237 g/mol. The number of carboxylic acids is 1. The molecule has 0 atom stereocenters. The molecule has 1 aromatic rings. The molecule has 0 radical (unpaired) electrons. The lowest BCUT2D eigenvalue weighted by molar-refractivity contribution is -0.137. The van der Waals surface area contributed by atoms with Gasteiger partial charge in [0.05, 0.1) is 6.61 Å². The first-order valence-electron chi connectivity index (χ1n) is 5.86. The van der Waals surface area contributed by atoms with Crippen molar-refractivity contribution >= 4 is 5.97 Å². The molecule has 0 fully saturated rings. The van der Waals surface area contributed by atoms with Gasteiger partial charge >= 0.3 is 5.97 Å². The summed E-state index contributed by atoms with van der Waals surface area (Å²) in [4.78, 5) is 10.3. The first kappa shape index (κ1) is 13.5. The first-order chi connectivity index (χ1) is 8.22. The van der Waals surface area contributed by atoms with E-state index in [2.05, 4.69) is 0 Å². The van der Waals surface area contributed by atoms with Gasteiger partial charge in [0.25, 0.3) is 0 Å². The van der Waals surface area contributed by atoms with Gasteiger partial charge in [0, 0.05) is 6.42 Å². The minimum atomic E-state index is -0.755. The van der Waals surface area contributed by atoms with E-state index in [1.54, 1.807) is 0 Å². The highest BCUT2D eigenvalue weighted by atomic mass is 16.5. The number of nitrogens with two attached hydrogens (primary N) is 1. The third kappa shape index (κ3) is 5.92. The second-order valence-electron chi connectivity index (χ2n) is 3.89. The molecule has 0 saturated heterocycles. The number of unbranched alkanes of at least 4 members (excludes halogenated alkanes) is 1. The van der Waals surface area contributed by atoms with Crippen LogP contribution in [0.4, 0.5) is 0 Å². The first-order valence-corrected chi connectivity index (χ1v) is 5.86. The summed E-state index contributed by atoms with van der Waals surface area (Å²) in [6, 6.07) is 7.84. The fraction of sp³-hybridized carbons (Fsp3) is 0.462. The molecular weight excluding hydrogens is 218 g/mol. The Balaban J connectivity index is 2.26. The van der Waals surface area contributed by atoms with Crippen LogP contribution in [0.5, 0.6) is 5.75 Å². The van der Waals surface area contributed by atoms with Crippen molar-refractivity contribution < 1.29 is 14.6 Å². The summed E-state index contributed by atoms with van der Waals surface area (Å²) in [5, 5.41) is 8.47. The Morgan fingerprint density at radius 2 is 2.18 bits per heavy atom. The summed E-state index contributed by atoms with van der Waals surface area (Å²) >= 11 is 0. The van der Waals surface area contributed by atoms with E-state index < -0.39 is 5.97 Å². The molecule has 3 N–H and O–H groups in total. The zero-order valence-corrected chi connectivity index (χ0v) is 9.89. The topological polar surface area (TPSA) is 72.5 Å². The van der Waals surface area contributed by atoms with Crippen LogP contribution in [-0.2, 0) is 11.2 Å². The van der Waals surface area contributed by atoms with Crippen LogP contribution < -0.4 is 10.5 Å². The molecule has 0 amide bonds. The fourth-order valence-corrected chi connectivity index (χ4v) is 1.53. The highest BCUT2D eigenvalue weighted by Crippen LogP contribution is 2.14. The maximum atomic E-state index is 10.3. The summed E-state index contributed by atoms with van der Waals surface area (Å²) in [5.41, 5.74) is 6.64. The highest BCUT2D eigenvalue weighted by Gasteiger charge is 1.98. The van der Waals surface area contributed by atoms with Crippen molar-refractivity contribution in [2.45, 2.75) is 25.7 Å². The molecule has 0 aliphatic rings. The maximum absolute atomic E-state index is 10.3. The van der Waals surface area contributed by atoms with Crippen LogP contribution in [0.15, 0.2) is 24.3 Å². The second-order valence-corrected chi connectivity index (χ2v) is 3.89. The molecule has 0 saturated carbocycles. The molecule has 1 rings (SSSR count). The Bertz CT molecular complexity index is 352. The largest absolute Gasteiger partial charge is 0.494 e. The van der Waals surface area contributed by atoms with E-state index in [1.165, 1.54) is 0 Å². The number of carboxylic acid groups (broad SMARTS) is 1. The predicted molar refractivity (Wildman–Crippen MR) is 66.2 cm³/mol. The van der Waals surface area contributed by atoms with Crippen LogP contribution in [0.3, 0.4) is 0 Å².